The van der Waals surface area contributed by atoms with Crippen LogP contribution < -0.4 is 15.4 Å². The zero-order chi connectivity index (χ0) is 26.1. The molecule has 2 bridgehead atoms. The van der Waals surface area contributed by atoms with E-state index in [9.17, 15) is 19.2 Å². The molecule has 0 saturated carbocycles. The number of hydrogen-bond acceptors (Lipinski definition) is 6. The Morgan fingerprint density at radius 1 is 1.08 bits per heavy atom. The maximum atomic E-state index is 13.5. The summed E-state index contributed by atoms with van der Waals surface area (Å²) in [4.78, 5) is 55.6. The van der Waals surface area contributed by atoms with Crippen molar-refractivity contribution in [2.75, 3.05) is 46.5 Å². The molecule has 3 aliphatic rings. The molecule has 4 amide bonds. The number of nitrogens with one attached hydrogen (secondary N) is 2. The molecule has 0 radical (unpaired) electrons. The van der Waals surface area contributed by atoms with Crippen LogP contribution in [-0.4, -0.2) is 92.0 Å². The topological polar surface area (TPSA) is 117 Å². The van der Waals surface area contributed by atoms with E-state index in [1.54, 1.807) is 17.0 Å². The minimum absolute atomic E-state index is 0.123. The molecule has 1 aromatic carbocycles. The van der Waals surface area contributed by atoms with Crippen LogP contribution >= 0.6 is 0 Å². The van der Waals surface area contributed by atoms with Gasteiger partial charge in [0.05, 0.1) is 13.2 Å². The molecule has 2 atom stereocenters. The van der Waals surface area contributed by atoms with E-state index in [0.29, 0.717) is 31.7 Å². The summed E-state index contributed by atoms with van der Waals surface area (Å²) in [5.74, 6) is -0.722. The number of rotatable bonds is 6. The summed E-state index contributed by atoms with van der Waals surface area (Å²) < 4.78 is 10.8. The largest absolute Gasteiger partial charge is 0.484 e. The predicted octanol–water partition coefficient (Wildman–Crippen LogP) is 0.735. The lowest BCUT2D eigenvalue weighted by atomic mass is 10.0. The standard InChI is InChI=1S/C26H38N4O6/c1-18(2)14-21-26(34)30(12-13-35-3)16-23(31)27-22(25(33)29-10-4-5-11-29)15-19-6-8-20(9-7-19)36-17-24(32)28-21/h6-9,18,21-22H,4-5,10-17H2,1-3H3,(H,27,31)(H,28,32)/t21-,22-/m0/s1. The molecule has 3 heterocycles. The maximum absolute atomic E-state index is 13.5. The molecule has 0 aromatic heterocycles. The van der Waals surface area contributed by atoms with E-state index in [1.165, 1.54) is 12.0 Å². The molecular formula is C26H38N4O6. The van der Waals surface area contributed by atoms with Gasteiger partial charge in [-0.25, -0.2) is 0 Å². The Morgan fingerprint density at radius 3 is 2.42 bits per heavy atom. The minimum Gasteiger partial charge on any atom is -0.484 e. The summed E-state index contributed by atoms with van der Waals surface area (Å²) >= 11 is 0. The first-order valence-corrected chi connectivity index (χ1v) is 12.6. The highest BCUT2D eigenvalue weighted by atomic mass is 16.5. The molecular weight excluding hydrogens is 464 g/mol. The second-order valence-electron chi connectivity index (χ2n) is 9.79. The Hall–Kier alpha value is -3.14. The maximum Gasteiger partial charge on any atom is 0.258 e. The van der Waals surface area contributed by atoms with Crippen LogP contribution in [0.5, 0.6) is 5.75 Å². The zero-order valence-corrected chi connectivity index (χ0v) is 21.5. The van der Waals surface area contributed by atoms with Crippen molar-refractivity contribution in [1.82, 2.24) is 20.4 Å². The van der Waals surface area contributed by atoms with Crippen LogP contribution in [0.2, 0.25) is 0 Å². The quantitative estimate of drug-likeness (QED) is 0.554. The van der Waals surface area contributed by atoms with E-state index in [-0.39, 0.29) is 44.0 Å². The molecule has 0 aliphatic carbocycles. The van der Waals surface area contributed by atoms with Crippen LogP contribution in [0.15, 0.2) is 24.3 Å². The van der Waals surface area contributed by atoms with Crippen molar-refractivity contribution >= 4 is 23.6 Å². The van der Waals surface area contributed by atoms with Crippen molar-refractivity contribution in [1.29, 1.82) is 0 Å². The van der Waals surface area contributed by atoms with Crippen molar-refractivity contribution in [2.24, 2.45) is 5.92 Å². The van der Waals surface area contributed by atoms with Crippen molar-refractivity contribution in [3.05, 3.63) is 29.8 Å². The smallest absolute Gasteiger partial charge is 0.258 e. The summed E-state index contributed by atoms with van der Waals surface area (Å²) in [6, 6.07) is 5.55. The Morgan fingerprint density at radius 2 is 1.78 bits per heavy atom. The molecule has 1 saturated heterocycles. The van der Waals surface area contributed by atoms with Gasteiger partial charge in [0.1, 0.15) is 17.8 Å². The first kappa shape index (κ1) is 27.4. The second-order valence-corrected chi connectivity index (χ2v) is 9.79. The Kier molecular flexibility index (Phi) is 10.1. The van der Waals surface area contributed by atoms with Crippen LogP contribution in [0, 0.1) is 5.92 Å². The fraction of sp³-hybridized carbons (Fsp3) is 0.615. The van der Waals surface area contributed by atoms with Crippen molar-refractivity contribution in [3.8, 4) is 5.75 Å². The Labute approximate surface area is 212 Å². The highest BCUT2D eigenvalue weighted by Gasteiger charge is 2.31. The monoisotopic (exact) mass is 502 g/mol. The lowest BCUT2D eigenvalue weighted by molar-refractivity contribution is -0.141. The number of methoxy groups -OCH3 is 1. The van der Waals surface area contributed by atoms with Crippen LogP contribution in [0.25, 0.3) is 0 Å². The van der Waals surface area contributed by atoms with E-state index < -0.39 is 23.9 Å². The zero-order valence-electron chi connectivity index (χ0n) is 21.5. The minimum atomic E-state index is -0.817. The Balaban J connectivity index is 1.89. The van der Waals surface area contributed by atoms with Gasteiger partial charge in [0.15, 0.2) is 6.61 Å². The highest BCUT2D eigenvalue weighted by Crippen LogP contribution is 2.17. The van der Waals surface area contributed by atoms with E-state index >= 15 is 0 Å². The molecule has 10 heteroatoms. The highest BCUT2D eigenvalue weighted by molar-refractivity contribution is 5.93. The third kappa shape index (κ3) is 7.94. The Bertz CT molecular complexity index is 914. The van der Waals surface area contributed by atoms with Gasteiger partial charge in [-0.3, -0.25) is 19.2 Å². The molecule has 4 rings (SSSR count). The van der Waals surface area contributed by atoms with Crippen molar-refractivity contribution in [3.63, 3.8) is 0 Å². The number of benzene rings is 1. The average molecular weight is 503 g/mol. The molecule has 3 aliphatic heterocycles. The summed E-state index contributed by atoms with van der Waals surface area (Å²) in [6.07, 6.45) is 2.60. The predicted molar refractivity (Wildman–Crippen MR) is 133 cm³/mol. The lowest BCUT2D eigenvalue weighted by Gasteiger charge is -2.30. The summed E-state index contributed by atoms with van der Waals surface area (Å²) in [7, 11) is 1.52. The first-order chi connectivity index (χ1) is 17.3. The number of likely N-dealkylation sites (tertiary alicyclic amines) is 1. The molecule has 0 unspecified atom stereocenters. The number of carbonyl (C=O) groups is 4. The van der Waals surface area contributed by atoms with Crippen LogP contribution in [0.1, 0.15) is 38.7 Å². The van der Waals surface area contributed by atoms with E-state index in [0.717, 1.165) is 18.4 Å². The number of ether oxygens (including phenoxy) is 2. The fourth-order valence-electron chi connectivity index (χ4n) is 4.50. The summed E-state index contributed by atoms with van der Waals surface area (Å²) in [5.41, 5.74) is 0.848. The summed E-state index contributed by atoms with van der Waals surface area (Å²) in [5, 5.41) is 5.64. The summed E-state index contributed by atoms with van der Waals surface area (Å²) in [6.45, 7) is 5.18. The van der Waals surface area contributed by atoms with Gasteiger partial charge in [0, 0.05) is 33.2 Å². The van der Waals surface area contributed by atoms with Crippen LogP contribution in [-0.2, 0) is 30.3 Å². The van der Waals surface area contributed by atoms with Crippen LogP contribution in [0.3, 0.4) is 0 Å². The number of amides is 4. The SMILES string of the molecule is COCCN1CC(=O)N[C@H](C(=O)N2CCCC2)Cc2ccc(cc2)OCC(=O)N[C@@H](CC(C)C)C1=O. The van der Waals surface area contributed by atoms with Crippen molar-refractivity contribution in [2.45, 2.75) is 51.6 Å². The number of nitrogens with zero attached hydrogens (tertiary/aromatic N) is 2. The first-order valence-electron chi connectivity index (χ1n) is 12.6. The molecule has 2 N–H and O–H groups in total. The van der Waals surface area contributed by atoms with Crippen molar-refractivity contribution < 1.29 is 28.7 Å². The van der Waals surface area contributed by atoms with Crippen LogP contribution in [0.4, 0.5) is 0 Å². The normalized spacial score (nSPS) is 21.9. The van der Waals surface area contributed by atoms with Gasteiger partial charge in [-0.05, 0) is 42.9 Å². The third-order valence-corrected chi connectivity index (χ3v) is 6.34. The van der Waals surface area contributed by atoms with Gasteiger partial charge in [0.25, 0.3) is 5.91 Å². The second kappa shape index (κ2) is 13.2. The van der Waals surface area contributed by atoms with E-state index in [1.807, 2.05) is 26.0 Å². The van der Waals surface area contributed by atoms with Gasteiger partial charge in [-0.1, -0.05) is 26.0 Å². The lowest BCUT2D eigenvalue weighted by Crippen LogP contribution is -2.55. The molecule has 1 aromatic rings. The van der Waals surface area contributed by atoms with Gasteiger partial charge in [0.2, 0.25) is 17.7 Å². The molecule has 1 fully saturated rings. The van der Waals surface area contributed by atoms with E-state index in [2.05, 4.69) is 10.6 Å². The van der Waals surface area contributed by atoms with Gasteiger partial charge < -0.3 is 29.9 Å². The number of hydrogen-bond donors (Lipinski definition) is 2. The molecule has 0 spiro atoms. The third-order valence-electron chi connectivity index (χ3n) is 6.34. The average Bonchev–Trinajstić information content (AvgIpc) is 3.38. The number of carbonyl (C=O) groups excluding carboxylic acids is 4. The molecule has 10 nitrogen and oxygen atoms in total. The van der Waals surface area contributed by atoms with Gasteiger partial charge >= 0.3 is 0 Å². The fourth-order valence-corrected chi connectivity index (χ4v) is 4.50. The molecule has 198 valence electrons. The number of fused-ring (bicyclic) bond motifs is 13. The van der Waals surface area contributed by atoms with Gasteiger partial charge in [-0.15, -0.1) is 0 Å². The van der Waals surface area contributed by atoms with Gasteiger partial charge in [-0.2, -0.15) is 0 Å². The molecule has 36 heavy (non-hydrogen) atoms. The van der Waals surface area contributed by atoms with E-state index in [4.69, 9.17) is 9.47 Å².